The fraction of sp³-hybridized carbons (Fsp3) is 0.389. The van der Waals surface area contributed by atoms with E-state index in [1.54, 1.807) is 25.7 Å². The SMILES string of the molecule is CO[C@@H]1C[C@@H](COc2cccnc2)N(c2nccc(C)c2C#N)C1. The molecular weight excluding hydrogens is 304 g/mol. The predicted molar refractivity (Wildman–Crippen MR) is 90.0 cm³/mol. The molecule has 0 bridgehead atoms. The van der Waals surface area contributed by atoms with E-state index in [-0.39, 0.29) is 12.1 Å². The summed E-state index contributed by atoms with van der Waals surface area (Å²) in [7, 11) is 1.71. The van der Waals surface area contributed by atoms with Gasteiger partial charge in [0.15, 0.2) is 0 Å². The summed E-state index contributed by atoms with van der Waals surface area (Å²) in [4.78, 5) is 10.6. The van der Waals surface area contributed by atoms with Gasteiger partial charge in [-0.1, -0.05) is 0 Å². The van der Waals surface area contributed by atoms with Gasteiger partial charge in [0.2, 0.25) is 0 Å². The molecule has 2 aromatic heterocycles. The Balaban J connectivity index is 1.82. The predicted octanol–water partition coefficient (Wildman–Crippen LogP) is 2.33. The number of nitrogens with zero attached hydrogens (tertiary/aromatic N) is 4. The van der Waals surface area contributed by atoms with Gasteiger partial charge in [0, 0.05) is 26.0 Å². The lowest BCUT2D eigenvalue weighted by Gasteiger charge is -2.26. The van der Waals surface area contributed by atoms with Gasteiger partial charge in [0.05, 0.1) is 23.9 Å². The first kappa shape index (κ1) is 16.2. The van der Waals surface area contributed by atoms with Crippen LogP contribution in [0.3, 0.4) is 0 Å². The van der Waals surface area contributed by atoms with Gasteiger partial charge in [-0.05, 0) is 37.1 Å². The van der Waals surface area contributed by atoms with E-state index >= 15 is 0 Å². The van der Waals surface area contributed by atoms with Crippen molar-refractivity contribution in [2.45, 2.75) is 25.5 Å². The standard InChI is InChI=1S/C18H20N4O2/c1-13-5-7-21-18(17(13)9-19)22-11-16(23-2)8-14(22)12-24-15-4-3-6-20-10-15/h3-7,10,14,16H,8,11-12H2,1-2H3/t14-,16+/m0/s1. The summed E-state index contributed by atoms with van der Waals surface area (Å²) in [5, 5.41) is 9.49. The molecule has 1 fully saturated rings. The number of nitriles is 1. The van der Waals surface area contributed by atoms with Gasteiger partial charge < -0.3 is 14.4 Å². The van der Waals surface area contributed by atoms with E-state index in [0.29, 0.717) is 24.5 Å². The fourth-order valence-electron chi connectivity index (χ4n) is 2.99. The second-order valence-corrected chi connectivity index (χ2v) is 5.84. The minimum Gasteiger partial charge on any atom is -0.490 e. The molecular formula is C18H20N4O2. The van der Waals surface area contributed by atoms with E-state index in [1.807, 2.05) is 25.1 Å². The minimum absolute atomic E-state index is 0.0940. The Morgan fingerprint density at radius 3 is 2.96 bits per heavy atom. The molecule has 1 saturated heterocycles. The smallest absolute Gasteiger partial charge is 0.147 e. The van der Waals surface area contributed by atoms with Crippen molar-refractivity contribution in [3.05, 3.63) is 47.9 Å². The quantitative estimate of drug-likeness (QED) is 0.840. The molecule has 2 atom stereocenters. The van der Waals surface area contributed by atoms with Crippen molar-refractivity contribution in [3.8, 4) is 11.8 Å². The molecule has 0 aromatic carbocycles. The summed E-state index contributed by atoms with van der Waals surface area (Å²) in [5.41, 5.74) is 1.54. The van der Waals surface area contributed by atoms with Crippen LogP contribution < -0.4 is 9.64 Å². The van der Waals surface area contributed by atoms with Crippen LogP contribution in [0.5, 0.6) is 5.75 Å². The first-order valence-corrected chi connectivity index (χ1v) is 7.91. The molecule has 3 rings (SSSR count). The van der Waals surface area contributed by atoms with Gasteiger partial charge in [-0.25, -0.2) is 4.98 Å². The number of pyridine rings is 2. The lowest BCUT2D eigenvalue weighted by Crippen LogP contribution is -2.35. The molecule has 0 aliphatic carbocycles. The van der Waals surface area contributed by atoms with Crippen LogP contribution in [0.4, 0.5) is 5.82 Å². The number of ether oxygens (including phenoxy) is 2. The molecule has 6 heteroatoms. The van der Waals surface area contributed by atoms with Crippen molar-refractivity contribution in [1.29, 1.82) is 5.26 Å². The number of rotatable bonds is 5. The Bertz CT molecular complexity index is 730. The molecule has 3 heterocycles. The van der Waals surface area contributed by atoms with Crippen molar-refractivity contribution in [2.75, 3.05) is 25.2 Å². The van der Waals surface area contributed by atoms with Crippen LogP contribution in [0.15, 0.2) is 36.8 Å². The van der Waals surface area contributed by atoms with Crippen molar-refractivity contribution >= 4 is 5.82 Å². The van der Waals surface area contributed by atoms with Crippen molar-refractivity contribution in [3.63, 3.8) is 0 Å². The molecule has 0 radical (unpaired) electrons. The summed E-state index contributed by atoms with van der Waals surface area (Å²) >= 11 is 0. The zero-order chi connectivity index (χ0) is 16.9. The molecule has 124 valence electrons. The van der Waals surface area contributed by atoms with Crippen molar-refractivity contribution in [2.24, 2.45) is 0 Å². The van der Waals surface area contributed by atoms with Crippen molar-refractivity contribution < 1.29 is 9.47 Å². The van der Waals surface area contributed by atoms with Crippen LogP contribution in [0, 0.1) is 18.3 Å². The highest BCUT2D eigenvalue weighted by atomic mass is 16.5. The van der Waals surface area contributed by atoms with E-state index in [1.165, 1.54) is 0 Å². The maximum absolute atomic E-state index is 9.49. The highest BCUT2D eigenvalue weighted by Crippen LogP contribution is 2.29. The lowest BCUT2D eigenvalue weighted by atomic mass is 10.1. The number of hydrogen-bond donors (Lipinski definition) is 0. The molecule has 1 aliphatic heterocycles. The van der Waals surface area contributed by atoms with Gasteiger partial charge in [0.25, 0.3) is 0 Å². The van der Waals surface area contributed by atoms with E-state index in [4.69, 9.17) is 9.47 Å². The Kier molecular flexibility index (Phi) is 4.92. The Hall–Kier alpha value is -2.65. The largest absolute Gasteiger partial charge is 0.490 e. The average molecular weight is 324 g/mol. The number of methoxy groups -OCH3 is 1. The molecule has 2 aromatic rings. The monoisotopic (exact) mass is 324 g/mol. The zero-order valence-corrected chi connectivity index (χ0v) is 13.8. The Morgan fingerprint density at radius 2 is 2.25 bits per heavy atom. The summed E-state index contributed by atoms with van der Waals surface area (Å²) in [6.45, 7) is 3.11. The molecule has 6 nitrogen and oxygen atoms in total. The maximum Gasteiger partial charge on any atom is 0.147 e. The van der Waals surface area contributed by atoms with Crippen LogP contribution in [0.25, 0.3) is 0 Å². The van der Waals surface area contributed by atoms with Gasteiger partial charge in [0.1, 0.15) is 24.2 Å². The van der Waals surface area contributed by atoms with E-state index < -0.39 is 0 Å². The summed E-state index contributed by atoms with van der Waals surface area (Å²) in [6.07, 6.45) is 6.08. The topological polar surface area (TPSA) is 71.3 Å². The van der Waals surface area contributed by atoms with Gasteiger partial charge >= 0.3 is 0 Å². The first-order chi connectivity index (χ1) is 11.7. The highest BCUT2D eigenvalue weighted by Gasteiger charge is 2.35. The summed E-state index contributed by atoms with van der Waals surface area (Å²) in [5.74, 6) is 1.44. The molecule has 0 saturated carbocycles. The lowest BCUT2D eigenvalue weighted by molar-refractivity contribution is 0.115. The summed E-state index contributed by atoms with van der Waals surface area (Å²) < 4.78 is 11.4. The minimum atomic E-state index is 0.0940. The molecule has 24 heavy (non-hydrogen) atoms. The van der Waals surface area contributed by atoms with Crippen LogP contribution in [0.1, 0.15) is 17.5 Å². The zero-order valence-electron chi connectivity index (χ0n) is 13.8. The highest BCUT2D eigenvalue weighted by molar-refractivity contribution is 5.58. The van der Waals surface area contributed by atoms with Crippen LogP contribution in [0.2, 0.25) is 0 Å². The van der Waals surface area contributed by atoms with Crippen LogP contribution in [-0.2, 0) is 4.74 Å². The second kappa shape index (κ2) is 7.28. The molecule has 1 aliphatic rings. The third-order valence-corrected chi connectivity index (χ3v) is 4.31. The third-order valence-electron chi connectivity index (χ3n) is 4.31. The van der Waals surface area contributed by atoms with E-state index in [2.05, 4.69) is 20.9 Å². The molecule has 0 unspecified atom stereocenters. The third kappa shape index (κ3) is 3.31. The van der Waals surface area contributed by atoms with Crippen LogP contribution in [-0.4, -0.2) is 42.4 Å². The Morgan fingerprint density at radius 1 is 1.38 bits per heavy atom. The fourth-order valence-corrected chi connectivity index (χ4v) is 2.99. The number of hydrogen-bond acceptors (Lipinski definition) is 6. The second-order valence-electron chi connectivity index (χ2n) is 5.84. The molecule has 0 N–H and O–H groups in total. The normalized spacial score (nSPS) is 20.0. The van der Waals surface area contributed by atoms with Gasteiger partial charge in [-0.2, -0.15) is 5.26 Å². The van der Waals surface area contributed by atoms with Gasteiger partial charge in [-0.15, -0.1) is 0 Å². The maximum atomic E-state index is 9.49. The van der Waals surface area contributed by atoms with E-state index in [9.17, 15) is 5.26 Å². The van der Waals surface area contributed by atoms with Gasteiger partial charge in [-0.3, -0.25) is 4.98 Å². The molecule has 0 amide bonds. The number of aryl methyl sites for hydroxylation is 1. The number of anilines is 1. The Labute approximate surface area is 141 Å². The number of aromatic nitrogens is 2. The van der Waals surface area contributed by atoms with Crippen LogP contribution >= 0.6 is 0 Å². The van der Waals surface area contributed by atoms with Crippen molar-refractivity contribution in [1.82, 2.24) is 9.97 Å². The molecule has 0 spiro atoms. The first-order valence-electron chi connectivity index (χ1n) is 7.91. The van der Waals surface area contributed by atoms with E-state index in [0.717, 1.165) is 17.7 Å². The summed E-state index contributed by atoms with van der Waals surface area (Å²) in [6, 6.07) is 7.94. The average Bonchev–Trinajstić information content (AvgIpc) is 3.04.